The van der Waals surface area contributed by atoms with Gasteiger partial charge >= 0.3 is 5.97 Å². The second-order valence-corrected chi connectivity index (χ2v) is 13.8. The molecule has 2 amide bonds. The molecule has 5 N–H and O–H groups in total. The van der Waals surface area contributed by atoms with Crippen LogP contribution in [0.5, 0.6) is 0 Å². The Balaban J connectivity index is 3.10. The van der Waals surface area contributed by atoms with E-state index in [4.69, 9.17) is 30.4 Å². The van der Waals surface area contributed by atoms with Gasteiger partial charge in [-0.15, -0.1) is 0 Å². The first kappa shape index (κ1) is 48.4. The molecule has 1 aliphatic rings. The molecule has 14 heteroatoms. The third kappa shape index (κ3) is 20.6. The quantitative estimate of drug-likeness (QED) is 0.0501. The molecule has 1 fully saturated rings. The minimum absolute atomic E-state index is 0.00399. The molecule has 306 valence electrons. The molecule has 1 saturated heterocycles. The van der Waals surface area contributed by atoms with Crippen molar-refractivity contribution in [3.05, 3.63) is 0 Å². The van der Waals surface area contributed by atoms with Crippen molar-refractivity contribution in [1.29, 1.82) is 0 Å². The monoisotopic (exact) mass is 755 g/mol. The Bertz CT molecular complexity index is 1020. The van der Waals surface area contributed by atoms with E-state index < -0.39 is 59.8 Å². The number of ether oxygens (including phenoxy) is 4. The topological polar surface area (TPSA) is 215 Å². The van der Waals surface area contributed by atoms with E-state index in [1.807, 2.05) is 0 Å². The highest BCUT2D eigenvalue weighted by Gasteiger charge is 2.49. The van der Waals surface area contributed by atoms with Gasteiger partial charge in [-0.25, -0.2) is 4.79 Å². The largest absolute Gasteiger partial charge is 0.480 e. The summed E-state index contributed by atoms with van der Waals surface area (Å²) >= 11 is 0. The summed E-state index contributed by atoms with van der Waals surface area (Å²) in [7, 11) is 0. The van der Waals surface area contributed by atoms with Crippen LogP contribution in [0.1, 0.15) is 148 Å². The summed E-state index contributed by atoms with van der Waals surface area (Å²) in [5.41, 5.74) is 10.9. The van der Waals surface area contributed by atoms with Gasteiger partial charge in [0.2, 0.25) is 17.6 Å². The predicted molar refractivity (Wildman–Crippen MR) is 200 cm³/mol. The summed E-state index contributed by atoms with van der Waals surface area (Å²) in [6, 6.07) is -1.68. The van der Waals surface area contributed by atoms with Gasteiger partial charge in [0.05, 0.1) is 39.6 Å². The van der Waals surface area contributed by atoms with Gasteiger partial charge in [0.25, 0.3) is 11.6 Å². The molecule has 0 aromatic rings. The number of carbonyl (C=O) groups is 6. The van der Waals surface area contributed by atoms with Gasteiger partial charge in [-0.2, -0.15) is 0 Å². The molecule has 1 heterocycles. The summed E-state index contributed by atoms with van der Waals surface area (Å²) in [6.07, 6.45) is 17.7. The maximum absolute atomic E-state index is 13.6. The van der Waals surface area contributed by atoms with Crippen molar-refractivity contribution in [3.63, 3.8) is 0 Å². The zero-order valence-electron chi connectivity index (χ0n) is 32.4. The molecule has 0 bridgehead atoms. The fraction of sp³-hybridized carbons (Fsp3) is 0.846. The number of aliphatic carboxylic acids is 1. The molecule has 0 unspecified atom stereocenters. The normalized spacial score (nSPS) is 18.0. The summed E-state index contributed by atoms with van der Waals surface area (Å²) in [4.78, 5) is 80.3. The van der Waals surface area contributed by atoms with E-state index in [-0.39, 0.29) is 65.6 Å². The third-order valence-electron chi connectivity index (χ3n) is 9.42. The Morgan fingerprint density at radius 2 is 0.981 bits per heavy atom. The second kappa shape index (κ2) is 30.7. The lowest BCUT2D eigenvalue weighted by Gasteiger charge is -2.30. The van der Waals surface area contributed by atoms with Crippen molar-refractivity contribution in [3.8, 4) is 0 Å². The molecule has 14 nitrogen and oxygen atoms in total. The van der Waals surface area contributed by atoms with Crippen LogP contribution < -0.4 is 11.5 Å². The Kier molecular flexibility index (Phi) is 28.0. The summed E-state index contributed by atoms with van der Waals surface area (Å²) in [5.74, 6) is -8.71. The maximum atomic E-state index is 13.6. The first-order valence-corrected chi connectivity index (χ1v) is 20.1. The first-order valence-electron chi connectivity index (χ1n) is 20.1. The lowest BCUT2D eigenvalue weighted by atomic mass is 9.97. The molecule has 1 rings (SSSR count). The maximum Gasteiger partial charge on any atom is 0.326 e. The number of nitrogens with zero attached hydrogens (tertiary/aromatic N) is 1. The van der Waals surface area contributed by atoms with E-state index >= 15 is 0 Å². The molecule has 1 atom stereocenters. The van der Waals surface area contributed by atoms with Crippen LogP contribution in [0.4, 0.5) is 0 Å². The average molecular weight is 756 g/mol. The van der Waals surface area contributed by atoms with Crippen molar-refractivity contribution >= 4 is 35.1 Å². The van der Waals surface area contributed by atoms with E-state index in [0.717, 1.165) is 63.2 Å². The van der Waals surface area contributed by atoms with Crippen LogP contribution in [0, 0.1) is 0 Å². The number of carboxylic acids is 1. The number of rotatable bonds is 20. The smallest absolute Gasteiger partial charge is 0.326 e. The highest BCUT2D eigenvalue weighted by atomic mass is 16.7. The van der Waals surface area contributed by atoms with Crippen molar-refractivity contribution in [2.24, 2.45) is 11.5 Å². The van der Waals surface area contributed by atoms with Crippen LogP contribution in [0.25, 0.3) is 0 Å². The molecule has 0 saturated carbocycles. The molecule has 1 aliphatic heterocycles. The highest BCUT2D eigenvalue weighted by Crippen LogP contribution is 2.22. The van der Waals surface area contributed by atoms with Gasteiger partial charge in [-0.1, -0.05) is 103 Å². The fourth-order valence-electron chi connectivity index (χ4n) is 6.43. The van der Waals surface area contributed by atoms with Crippen LogP contribution in [0.15, 0.2) is 0 Å². The van der Waals surface area contributed by atoms with Gasteiger partial charge in [-0.05, 0) is 19.3 Å². The minimum atomic E-state index is -2.63. The van der Waals surface area contributed by atoms with Gasteiger partial charge in [0, 0.05) is 39.3 Å². The molecule has 0 aromatic heterocycles. The minimum Gasteiger partial charge on any atom is -0.480 e. The summed E-state index contributed by atoms with van der Waals surface area (Å²) in [5, 5.41) is 10.3. The molecular formula is C39H69N3O11. The van der Waals surface area contributed by atoms with Crippen LogP contribution in [0.2, 0.25) is 0 Å². The number of nitrogens with two attached hydrogens (primary N) is 2. The second-order valence-electron chi connectivity index (χ2n) is 13.8. The Morgan fingerprint density at radius 1 is 0.623 bits per heavy atom. The molecule has 0 aliphatic carbocycles. The van der Waals surface area contributed by atoms with E-state index in [1.165, 1.54) is 51.4 Å². The van der Waals surface area contributed by atoms with Crippen LogP contribution >= 0.6 is 0 Å². The predicted octanol–water partition coefficient (Wildman–Crippen LogP) is 4.80. The van der Waals surface area contributed by atoms with E-state index in [2.05, 4.69) is 0 Å². The molecule has 53 heavy (non-hydrogen) atoms. The molecule has 0 radical (unpaired) electrons. The van der Waals surface area contributed by atoms with Crippen molar-refractivity contribution in [1.82, 2.24) is 4.90 Å². The van der Waals surface area contributed by atoms with Crippen LogP contribution in [-0.2, 0) is 47.7 Å². The van der Waals surface area contributed by atoms with Crippen LogP contribution in [-0.4, -0.2) is 110 Å². The van der Waals surface area contributed by atoms with E-state index in [1.54, 1.807) is 0 Å². The van der Waals surface area contributed by atoms with Gasteiger partial charge in [0.15, 0.2) is 5.78 Å². The van der Waals surface area contributed by atoms with Gasteiger partial charge in [0.1, 0.15) is 6.04 Å². The molecular weight excluding hydrogens is 686 g/mol. The van der Waals surface area contributed by atoms with E-state index in [0.29, 0.717) is 12.8 Å². The van der Waals surface area contributed by atoms with E-state index in [9.17, 15) is 33.9 Å². The zero-order valence-corrected chi connectivity index (χ0v) is 32.4. The number of hydrogen-bond acceptors (Lipinski definition) is 12. The molecule has 0 spiro atoms. The fourth-order valence-corrected chi connectivity index (χ4v) is 6.43. The first-order chi connectivity index (χ1) is 25.6. The Morgan fingerprint density at radius 3 is 1.30 bits per heavy atom. The Labute approximate surface area is 316 Å². The number of carbonyl (C=O) groups excluding carboxylic acids is 5. The highest BCUT2D eigenvalue weighted by molar-refractivity contribution is 6.44. The number of hydrogen-bond donors (Lipinski definition) is 3. The Hall–Kier alpha value is -2.62. The van der Waals surface area contributed by atoms with Crippen molar-refractivity contribution in [2.75, 3.05) is 52.7 Å². The summed E-state index contributed by atoms with van der Waals surface area (Å²) in [6.45, 7) is 1.19. The number of Topliss-reactive ketones (excluding diaryl/α,β-unsaturated/α-hetero) is 3. The zero-order chi connectivity index (χ0) is 39.2. The number of imide groups is 1. The third-order valence-corrected chi connectivity index (χ3v) is 9.42. The average Bonchev–Trinajstić information content (AvgIpc) is 3.13. The number of amides is 2. The van der Waals surface area contributed by atoms with Crippen molar-refractivity contribution < 1.29 is 52.8 Å². The SMILES string of the molecule is CC(=O)C(OCCOCCN)(OCCOCCN)C(=O)C(=O)CC[C@@H](C(=O)O)N1C(=O)CCCCCCCCCCCCCCCCCCCCC1=O. The summed E-state index contributed by atoms with van der Waals surface area (Å²) < 4.78 is 21.7. The van der Waals surface area contributed by atoms with Crippen LogP contribution in [0.3, 0.4) is 0 Å². The lowest BCUT2D eigenvalue weighted by Crippen LogP contribution is -2.55. The lowest BCUT2D eigenvalue weighted by molar-refractivity contribution is -0.227. The number of carboxylic acid groups (broad SMARTS) is 1. The van der Waals surface area contributed by atoms with Crippen molar-refractivity contribution in [2.45, 2.75) is 160 Å². The standard InChI is InChI=1S/C39H69N3O11/c1-32(43)39(52-30-28-50-26-24-40,53-31-29-51-27-25-41)37(47)34(44)23-22-33(38(48)49)42-35(45)20-18-16-14-12-10-8-6-4-2-3-5-7-9-11-13-15-17-19-21-36(42)46/h33H,2-31,40-41H2,1H3,(H,48,49)/t33-/m0/s1. The van der Waals surface area contributed by atoms with Gasteiger partial charge in [-0.3, -0.25) is 28.9 Å². The number of ketones is 3. The van der Waals surface area contributed by atoms with Gasteiger partial charge < -0.3 is 35.5 Å². The molecule has 0 aromatic carbocycles.